The fourth-order valence-electron chi connectivity index (χ4n) is 2.35. The molecule has 0 radical (unpaired) electrons. The fraction of sp³-hybridized carbons (Fsp3) is 0.375. The second-order valence-electron chi connectivity index (χ2n) is 5.30. The molecular weight excluding hydrogens is 270 g/mol. The van der Waals surface area contributed by atoms with E-state index in [1.54, 1.807) is 6.07 Å². The molecule has 0 atom stereocenters. The van der Waals surface area contributed by atoms with E-state index < -0.39 is 0 Å². The maximum absolute atomic E-state index is 6.11. The van der Waals surface area contributed by atoms with Crippen molar-refractivity contribution in [3.8, 4) is 0 Å². The molecule has 0 aliphatic heterocycles. The Bertz CT molecular complexity index is 636. The van der Waals surface area contributed by atoms with Crippen LogP contribution in [0.15, 0.2) is 24.3 Å². The third-order valence-electron chi connectivity index (χ3n) is 3.65. The summed E-state index contributed by atoms with van der Waals surface area (Å²) in [6.07, 6.45) is 3.33. The zero-order valence-corrected chi connectivity index (χ0v) is 12.5. The highest BCUT2D eigenvalue weighted by atomic mass is 35.5. The highest BCUT2D eigenvalue weighted by Gasteiger charge is 2.27. The van der Waals surface area contributed by atoms with Gasteiger partial charge in [-0.3, -0.25) is 0 Å². The SMILES string of the molecule is CCc1cccc(C)c1Nc1cc(Cl)nc(C2CC2)n1. The Morgan fingerprint density at radius 1 is 1.30 bits per heavy atom. The molecule has 0 bridgehead atoms. The first-order valence-electron chi connectivity index (χ1n) is 7.07. The lowest BCUT2D eigenvalue weighted by Crippen LogP contribution is -2.03. The van der Waals surface area contributed by atoms with Crippen molar-refractivity contribution in [2.75, 3.05) is 5.32 Å². The van der Waals surface area contributed by atoms with E-state index in [0.717, 1.165) is 23.8 Å². The molecule has 104 valence electrons. The van der Waals surface area contributed by atoms with Crippen LogP contribution >= 0.6 is 11.6 Å². The second-order valence-corrected chi connectivity index (χ2v) is 5.68. The van der Waals surface area contributed by atoms with Gasteiger partial charge < -0.3 is 5.32 Å². The Balaban J connectivity index is 1.95. The van der Waals surface area contributed by atoms with Crippen LogP contribution < -0.4 is 5.32 Å². The van der Waals surface area contributed by atoms with E-state index in [2.05, 4.69) is 47.3 Å². The van der Waals surface area contributed by atoms with Crippen LogP contribution in [0, 0.1) is 6.92 Å². The third kappa shape index (κ3) is 2.78. The minimum atomic E-state index is 0.497. The fourth-order valence-corrected chi connectivity index (χ4v) is 2.54. The summed E-state index contributed by atoms with van der Waals surface area (Å²) < 4.78 is 0. The third-order valence-corrected chi connectivity index (χ3v) is 3.84. The van der Waals surface area contributed by atoms with E-state index in [9.17, 15) is 0 Å². The van der Waals surface area contributed by atoms with Gasteiger partial charge in [-0.05, 0) is 37.3 Å². The molecule has 3 nitrogen and oxygen atoms in total. The smallest absolute Gasteiger partial charge is 0.135 e. The molecule has 4 heteroatoms. The predicted molar refractivity (Wildman–Crippen MR) is 82.9 cm³/mol. The van der Waals surface area contributed by atoms with Crippen LogP contribution in [0.4, 0.5) is 11.5 Å². The summed E-state index contributed by atoms with van der Waals surface area (Å²) in [6, 6.07) is 8.12. The molecule has 1 saturated carbocycles. The Morgan fingerprint density at radius 2 is 2.10 bits per heavy atom. The van der Waals surface area contributed by atoms with E-state index in [1.807, 2.05) is 0 Å². The van der Waals surface area contributed by atoms with E-state index in [4.69, 9.17) is 11.6 Å². The molecule has 3 rings (SSSR count). The lowest BCUT2D eigenvalue weighted by molar-refractivity contribution is 0.930. The highest BCUT2D eigenvalue weighted by Crippen LogP contribution is 2.39. The lowest BCUT2D eigenvalue weighted by Gasteiger charge is -2.14. The average Bonchev–Trinajstić information content (AvgIpc) is 3.25. The van der Waals surface area contributed by atoms with Crippen LogP contribution in [0.2, 0.25) is 5.15 Å². The molecule has 0 unspecified atom stereocenters. The molecule has 0 saturated heterocycles. The first-order valence-corrected chi connectivity index (χ1v) is 7.45. The maximum Gasteiger partial charge on any atom is 0.135 e. The molecule has 1 aliphatic rings. The van der Waals surface area contributed by atoms with Gasteiger partial charge in [0.15, 0.2) is 0 Å². The van der Waals surface area contributed by atoms with Crippen LogP contribution in [0.1, 0.15) is 42.6 Å². The zero-order chi connectivity index (χ0) is 14.1. The van der Waals surface area contributed by atoms with Crippen LogP contribution in [-0.2, 0) is 6.42 Å². The minimum Gasteiger partial charge on any atom is -0.340 e. The van der Waals surface area contributed by atoms with Gasteiger partial charge in [0.05, 0.1) is 0 Å². The summed E-state index contributed by atoms with van der Waals surface area (Å²) in [4.78, 5) is 8.92. The van der Waals surface area contributed by atoms with Crippen molar-refractivity contribution in [2.24, 2.45) is 0 Å². The number of nitrogens with one attached hydrogen (secondary N) is 1. The summed E-state index contributed by atoms with van der Waals surface area (Å²) in [5.74, 6) is 2.15. The van der Waals surface area contributed by atoms with Gasteiger partial charge in [0.2, 0.25) is 0 Å². The van der Waals surface area contributed by atoms with Gasteiger partial charge >= 0.3 is 0 Å². The average molecular weight is 288 g/mol. The number of halogens is 1. The molecule has 1 N–H and O–H groups in total. The van der Waals surface area contributed by atoms with Gasteiger partial charge in [0.25, 0.3) is 0 Å². The van der Waals surface area contributed by atoms with Crippen LogP contribution in [0.3, 0.4) is 0 Å². The summed E-state index contributed by atoms with van der Waals surface area (Å²) in [5, 5.41) is 3.93. The first-order chi connectivity index (χ1) is 9.67. The second kappa shape index (κ2) is 5.41. The van der Waals surface area contributed by atoms with Crippen molar-refractivity contribution in [2.45, 2.75) is 39.0 Å². The molecule has 1 aliphatic carbocycles. The first kappa shape index (κ1) is 13.4. The summed E-state index contributed by atoms with van der Waals surface area (Å²) >= 11 is 6.11. The molecule has 1 fully saturated rings. The quantitative estimate of drug-likeness (QED) is 0.834. The lowest BCUT2D eigenvalue weighted by atomic mass is 10.1. The van der Waals surface area contributed by atoms with Crippen molar-refractivity contribution >= 4 is 23.1 Å². The Kier molecular flexibility index (Phi) is 3.62. The summed E-state index contributed by atoms with van der Waals surface area (Å²) in [7, 11) is 0. The van der Waals surface area contributed by atoms with E-state index >= 15 is 0 Å². The molecule has 0 amide bonds. The molecule has 1 heterocycles. The molecular formula is C16H18ClN3. The highest BCUT2D eigenvalue weighted by molar-refractivity contribution is 6.29. The number of rotatable bonds is 4. The topological polar surface area (TPSA) is 37.8 Å². The van der Waals surface area contributed by atoms with Gasteiger partial charge in [-0.2, -0.15) is 0 Å². The van der Waals surface area contributed by atoms with Gasteiger partial charge in [-0.1, -0.05) is 36.7 Å². The van der Waals surface area contributed by atoms with Crippen molar-refractivity contribution in [1.82, 2.24) is 9.97 Å². The monoisotopic (exact) mass is 287 g/mol. The Morgan fingerprint density at radius 3 is 2.80 bits per heavy atom. The predicted octanol–water partition coefficient (Wildman–Crippen LogP) is 4.62. The number of hydrogen-bond acceptors (Lipinski definition) is 3. The number of aryl methyl sites for hydroxylation is 2. The van der Waals surface area contributed by atoms with Gasteiger partial charge in [0.1, 0.15) is 16.8 Å². The Hall–Kier alpha value is -1.61. The Labute approximate surface area is 124 Å². The van der Waals surface area contributed by atoms with Gasteiger partial charge in [-0.15, -0.1) is 0 Å². The molecule has 20 heavy (non-hydrogen) atoms. The van der Waals surface area contributed by atoms with E-state index in [-0.39, 0.29) is 0 Å². The summed E-state index contributed by atoms with van der Waals surface area (Å²) in [5.41, 5.74) is 3.63. The number of benzene rings is 1. The zero-order valence-electron chi connectivity index (χ0n) is 11.8. The van der Waals surface area contributed by atoms with Crippen molar-refractivity contribution in [3.63, 3.8) is 0 Å². The number of anilines is 2. The van der Waals surface area contributed by atoms with Gasteiger partial charge in [0, 0.05) is 17.7 Å². The molecule has 2 aromatic rings. The standard InChI is InChI=1S/C16H18ClN3/c1-3-11-6-4-5-10(2)15(11)19-14-9-13(17)18-16(20-14)12-7-8-12/h4-6,9,12H,3,7-8H2,1-2H3,(H,18,19,20). The number of para-hydroxylation sites is 1. The van der Waals surface area contributed by atoms with Crippen LogP contribution in [-0.4, -0.2) is 9.97 Å². The van der Waals surface area contributed by atoms with E-state index in [1.165, 1.54) is 24.0 Å². The largest absolute Gasteiger partial charge is 0.340 e. The minimum absolute atomic E-state index is 0.497. The van der Waals surface area contributed by atoms with Crippen molar-refractivity contribution in [1.29, 1.82) is 0 Å². The molecule has 1 aromatic heterocycles. The molecule has 1 aromatic carbocycles. The number of hydrogen-bond donors (Lipinski definition) is 1. The van der Waals surface area contributed by atoms with Crippen LogP contribution in [0.5, 0.6) is 0 Å². The van der Waals surface area contributed by atoms with E-state index in [0.29, 0.717) is 11.1 Å². The number of aromatic nitrogens is 2. The van der Waals surface area contributed by atoms with Gasteiger partial charge in [-0.25, -0.2) is 9.97 Å². The molecule has 0 spiro atoms. The van der Waals surface area contributed by atoms with Crippen LogP contribution in [0.25, 0.3) is 0 Å². The van der Waals surface area contributed by atoms with Crippen molar-refractivity contribution < 1.29 is 0 Å². The van der Waals surface area contributed by atoms with Crippen molar-refractivity contribution in [3.05, 3.63) is 46.4 Å². The normalized spacial score (nSPS) is 14.3. The summed E-state index contributed by atoms with van der Waals surface area (Å²) in [6.45, 7) is 4.26. The maximum atomic E-state index is 6.11. The number of nitrogens with zero attached hydrogens (tertiary/aromatic N) is 2.